The monoisotopic (exact) mass is 116 g/mol. The molecule has 0 fully saturated rings. The van der Waals surface area contributed by atoms with Gasteiger partial charge in [-0.05, 0) is 0 Å². The fourth-order valence-electron chi connectivity index (χ4n) is 0.185. The zero-order valence-electron chi connectivity index (χ0n) is 4.51. The summed E-state index contributed by atoms with van der Waals surface area (Å²) < 4.78 is 0. The van der Waals surface area contributed by atoms with Gasteiger partial charge in [-0.25, -0.2) is 4.79 Å². The maximum Gasteiger partial charge on any atom is 0.318 e. The lowest BCUT2D eigenvalue weighted by Crippen LogP contribution is -2.28. The molecule has 4 nitrogen and oxygen atoms in total. The molecular weight excluding hydrogens is 108 g/mol. The van der Waals surface area contributed by atoms with Crippen LogP contribution in [0.4, 0.5) is 4.79 Å². The van der Waals surface area contributed by atoms with E-state index in [-0.39, 0.29) is 6.03 Å². The predicted molar refractivity (Wildman–Crippen MR) is 29.4 cm³/mol. The van der Waals surface area contributed by atoms with Crippen molar-refractivity contribution < 1.29 is 9.90 Å². The number of urea groups is 1. The van der Waals surface area contributed by atoms with E-state index in [4.69, 9.17) is 5.11 Å². The molecule has 0 aromatic rings. The molecule has 0 unspecified atom stereocenters. The van der Waals surface area contributed by atoms with Crippen LogP contribution in [0.15, 0.2) is 12.5 Å². The summed E-state index contributed by atoms with van der Waals surface area (Å²) in [4.78, 5) is 10.2. The van der Waals surface area contributed by atoms with Gasteiger partial charge in [0.25, 0.3) is 0 Å². The lowest BCUT2D eigenvalue weighted by Gasteiger charge is -1.93. The van der Waals surface area contributed by atoms with E-state index in [0.717, 1.165) is 12.5 Å². The number of amides is 2. The van der Waals surface area contributed by atoms with Gasteiger partial charge in [-0.3, -0.25) is 0 Å². The third kappa shape index (κ3) is 3.02. The van der Waals surface area contributed by atoms with Crippen LogP contribution in [0.25, 0.3) is 0 Å². The maximum atomic E-state index is 10.2. The van der Waals surface area contributed by atoms with Crippen molar-refractivity contribution in [2.45, 2.75) is 0 Å². The quantitative estimate of drug-likeness (QED) is 0.420. The third-order valence-electron chi connectivity index (χ3n) is 0.516. The third-order valence-corrected chi connectivity index (χ3v) is 0.516. The van der Waals surface area contributed by atoms with Crippen molar-refractivity contribution in [3.8, 4) is 0 Å². The highest BCUT2D eigenvalue weighted by Crippen LogP contribution is 1.60. The second-order valence-corrected chi connectivity index (χ2v) is 1.04. The van der Waals surface area contributed by atoms with Crippen LogP contribution in [0.5, 0.6) is 0 Å². The Morgan fingerprint density at radius 3 is 2.75 bits per heavy atom. The first-order valence-corrected chi connectivity index (χ1v) is 2.08. The molecule has 0 aromatic heterocycles. The van der Waals surface area contributed by atoms with Gasteiger partial charge in [0.2, 0.25) is 0 Å². The number of nitrogens with one attached hydrogen (secondary N) is 2. The zero-order valence-corrected chi connectivity index (χ0v) is 4.51. The second-order valence-electron chi connectivity index (χ2n) is 1.04. The van der Waals surface area contributed by atoms with E-state index in [9.17, 15) is 4.79 Å². The Morgan fingerprint density at radius 2 is 2.38 bits per heavy atom. The highest BCUT2D eigenvalue weighted by atomic mass is 16.2. The van der Waals surface area contributed by atoms with E-state index in [1.54, 1.807) is 0 Å². The molecule has 3 N–H and O–H groups in total. The van der Waals surface area contributed by atoms with Crippen molar-refractivity contribution in [1.82, 2.24) is 10.6 Å². The van der Waals surface area contributed by atoms with Gasteiger partial charge in [0.05, 0.1) is 6.26 Å². The van der Waals surface area contributed by atoms with Crippen LogP contribution in [0, 0.1) is 0 Å². The Hall–Kier alpha value is -1.19. The Balaban J connectivity index is 3.25. The summed E-state index contributed by atoms with van der Waals surface area (Å²) in [6, 6.07) is -0.352. The fraction of sp³-hybridized carbons (Fsp3) is 0.250. The van der Waals surface area contributed by atoms with Crippen molar-refractivity contribution in [2.24, 2.45) is 0 Å². The van der Waals surface area contributed by atoms with Crippen LogP contribution in [0.1, 0.15) is 0 Å². The van der Waals surface area contributed by atoms with E-state index in [0.29, 0.717) is 0 Å². The maximum absolute atomic E-state index is 10.2. The molecule has 0 spiro atoms. The lowest BCUT2D eigenvalue weighted by molar-refractivity contribution is 0.246. The van der Waals surface area contributed by atoms with E-state index in [1.807, 2.05) is 0 Å². The van der Waals surface area contributed by atoms with Crippen molar-refractivity contribution in [3.05, 3.63) is 12.5 Å². The largest absolute Gasteiger partial charge is 0.514 e. The van der Waals surface area contributed by atoms with Crippen LogP contribution in [-0.4, -0.2) is 18.2 Å². The van der Waals surface area contributed by atoms with Gasteiger partial charge in [0.15, 0.2) is 0 Å². The Kier molecular flexibility index (Phi) is 3.39. The lowest BCUT2D eigenvalue weighted by atomic mass is 10.9. The summed E-state index contributed by atoms with van der Waals surface area (Å²) in [5.74, 6) is 0. The molecule has 4 heteroatoms. The average Bonchev–Trinajstić information content (AvgIpc) is 1.83. The van der Waals surface area contributed by atoms with Crippen LogP contribution in [0.3, 0.4) is 0 Å². The minimum Gasteiger partial charge on any atom is -0.514 e. The van der Waals surface area contributed by atoms with Crippen molar-refractivity contribution >= 4 is 6.03 Å². The summed E-state index contributed by atoms with van der Waals surface area (Å²) in [6.45, 7) is 0. The van der Waals surface area contributed by atoms with E-state index in [1.165, 1.54) is 7.05 Å². The molecule has 0 radical (unpaired) electrons. The van der Waals surface area contributed by atoms with E-state index >= 15 is 0 Å². The summed E-state index contributed by atoms with van der Waals surface area (Å²) in [5, 5.41) is 12.5. The Bertz CT molecular complexity index is 100. The minimum absolute atomic E-state index is 0.352. The number of carbonyl (C=O) groups excluding carboxylic acids is 1. The molecule has 0 aliphatic carbocycles. The SMILES string of the molecule is CNC(=O)N/C=C\O. The predicted octanol–water partition coefficient (Wildman–Crippen LogP) is -0.0554. The van der Waals surface area contributed by atoms with Crippen LogP contribution in [0.2, 0.25) is 0 Å². The first-order valence-electron chi connectivity index (χ1n) is 2.08. The standard InChI is InChI=1S/C4H8N2O2/c1-5-4(8)6-2-3-7/h2-3,7H,1H3,(H2,5,6,8)/b3-2-. The van der Waals surface area contributed by atoms with Crippen LogP contribution in [-0.2, 0) is 0 Å². The van der Waals surface area contributed by atoms with Gasteiger partial charge in [-0.2, -0.15) is 0 Å². The summed E-state index contributed by atoms with van der Waals surface area (Å²) in [6.07, 6.45) is 1.87. The Labute approximate surface area is 47.2 Å². The van der Waals surface area contributed by atoms with Crippen molar-refractivity contribution in [1.29, 1.82) is 0 Å². The number of carbonyl (C=O) groups is 1. The van der Waals surface area contributed by atoms with Gasteiger partial charge < -0.3 is 15.7 Å². The van der Waals surface area contributed by atoms with Crippen LogP contribution >= 0.6 is 0 Å². The molecule has 0 rings (SSSR count). The molecule has 8 heavy (non-hydrogen) atoms. The van der Waals surface area contributed by atoms with E-state index < -0.39 is 0 Å². The molecule has 0 aromatic carbocycles. The van der Waals surface area contributed by atoms with Gasteiger partial charge in [-0.1, -0.05) is 0 Å². The number of aliphatic hydroxyl groups is 1. The first kappa shape index (κ1) is 6.81. The molecule has 0 saturated heterocycles. The van der Waals surface area contributed by atoms with Gasteiger partial charge in [0.1, 0.15) is 0 Å². The highest BCUT2D eigenvalue weighted by molar-refractivity contribution is 5.74. The number of hydrogen-bond donors (Lipinski definition) is 3. The molecule has 0 atom stereocenters. The number of rotatable bonds is 1. The van der Waals surface area contributed by atoms with E-state index in [2.05, 4.69) is 10.6 Å². The molecule has 0 heterocycles. The highest BCUT2D eigenvalue weighted by Gasteiger charge is 1.85. The van der Waals surface area contributed by atoms with Crippen molar-refractivity contribution in [2.75, 3.05) is 7.05 Å². The summed E-state index contributed by atoms with van der Waals surface area (Å²) >= 11 is 0. The van der Waals surface area contributed by atoms with Crippen molar-refractivity contribution in [3.63, 3.8) is 0 Å². The normalized spacial score (nSPS) is 9.12. The zero-order chi connectivity index (χ0) is 6.41. The fourth-order valence-corrected chi connectivity index (χ4v) is 0.185. The molecule has 2 amide bonds. The molecular formula is C4H8N2O2. The number of hydrogen-bond acceptors (Lipinski definition) is 2. The van der Waals surface area contributed by atoms with Gasteiger partial charge in [-0.15, -0.1) is 0 Å². The Morgan fingerprint density at radius 1 is 1.75 bits per heavy atom. The summed E-state index contributed by atoms with van der Waals surface area (Å²) in [7, 11) is 1.49. The smallest absolute Gasteiger partial charge is 0.318 e. The minimum atomic E-state index is -0.352. The van der Waals surface area contributed by atoms with Crippen LogP contribution < -0.4 is 10.6 Å². The van der Waals surface area contributed by atoms with Gasteiger partial charge >= 0.3 is 6.03 Å². The van der Waals surface area contributed by atoms with Gasteiger partial charge in [0, 0.05) is 13.2 Å². The molecule has 0 aliphatic rings. The molecule has 0 saturated carbocycles. The first-order chi connectivity index (χ1) is 3.81. The summed E-state index contributed by atoms with van der Waals surface area (Å²) in [5.41, 5.74) is 0. The topological polar surface area (TPSA) is 61.4 Å². The molecule has 0 bridgehead atoms. The second kappa shape index (κ2) is 3.98. The molecule has 46 valence electrons. The number of aliphatic hydroxyl groups excluding tert-OH is 1. The molecule has 0 aliphatic heterocycles. The average molecular weight is 116 g/mol.